The SMILES string of the molecule is Cn1nccc1CNC(=O)c1ccc(COc2c(Cl)c(Cl)c(Cl)c(Cl)c2Cl)o1. The molecular formula is C17H12Cl5N3O3. The van der Waals surface area contributed by atoms with Gasteiger partial charge in [-0.2, -0.15) is 5.10 Å². The number of carbonyl (C=O) groups is 1. The fourth-order valence-electron chi connectivity index (χ4n) is 2.26. The summed E-state index contributed by atoms with van der Waals surface area (Å²) >= 11 is 30.2. The Morgan fingerprint density at radius 1 is 1.07 bits per heavy atom. The zero-order valence-electron chi connectivity index (χ0n) is 14.2. The first kappa shape index (κ1) is 21.1. The molecular weight excluding hydrogens is 471 g/mol. The van der Waals surface area contributed by atoms with E-state index in [0.717, 1.165) is 5.69 Å². The number of benzene rings is 1. The highest BCUT2D eigenvalue weighted by atomic mass is 35.5. The van der Waals surface area contributed by atoms with Gasteiger partial charge in [0, 0.05) is 13.2 Å². The van der Waals surface area contributed by atoms with Crippen LogP contribution in [-0.2, 0) is 20.2 Å². The van der Waals surface area contributed by atoms with Crippen LogP contribution < -0.4 is 10.1 Å². The zero-order valence-corrected chi connectivity index (χ0v) is 18.0. The molecule has 3 aromatic rings. The van der Waals surface area contributed by atoms with Gasteiger partial charge in [0.25, 0.3) is 5.91 Å². The van der Waals surface area contributed by atoms with Gasteiger partial charge >= 0.3 is 0 Å². The Hall–Kier alpha value is -1.57. The van der Waals surface area contributed by atoms with Gasteiger partial charge in [0.15, 0.2) is 11.5 Å². The van der Waals surface area contributed by atoms with Crippen LogP contribution in [0.4, 0.5) is 0 Å². The summed E-state index contributed by atoms with van der Waals surface area (Å²) in [5.41, 5.74) is 0.851. The predicted octanol–water partition coefficient (Wildman–Crippen LogP) is 5.79. The molecule has 6 nitrogen and oxygen atoms in total. The number of furan rings is 1. The highest BCUT2D eigenvalue weighted by molar-refractivity contribution is 6.55. The number of nitrogens with zero attached hydrogens (tertiary/aromatic N) is 2. The quantitative estimate of drug-likeness (QED) is 0.356. The molecule has 0 saturated heterocycles. The van der Waals surface area contributed by atoms with E-state index >= 15 is 0 Å². The van der Waals surface area contributed by atoms with Crippen LogP contribution in [0.25, 0.3) is 0 Å². The van der Waals surface area contributed by atoms with E-state index in [2.05, 4.69) is 10.4 Å². The van der Waals surface area contributed by atoms with Crippen molar-refractivity contribution in [1.82, 2.24) is 15.1 Å². The molecule has 1 amide bonds. The van der Waals surface area contributed by atoms with Gasteiger partial charge in [0.1, 0.15) is 22.4 Å². The van der Waals surface area contributed by atoms with Gasteiger partial charge < -0.3 is 14.5 Å². The molecule has 0 aliphatic heterocycles. The number of hydrogen-bond donors (Lipinski definition) is 1. The van der Waals surface area contributed by atoms with Gasteiger partial charge in [-0.25, -0.2) is 0 Å². The topological polar surface area (TPSA) is 69.3 Å². The first-order chi connectivity index (χ1) is 13.3. The second-order valence-corrected chi connectivity index (χ2v) is 7.47. The fourth-order valence-corrected chi connectivity index (χ4v) is 3.50. The van der Waals surface area contributed by atoms with Crippen molar-refractivity contribution in [2.24, 2.45) is 7.05 Å². The van der Waals surface area contributed by atoms with Crippen molar-refractivity contribution in [1.29, 1.82) is 0 Å². The molecule has 0 atom stereocenters. The van der Waals surface area contributed by atoms with E-state index in [4.69, 9.17) is 67.2 Å². The number of hydrogen-bond acceptors (Lipinski definition) is 4. The molecule has 0 saturated carbocycles. The van der Waals surface area contributed by atoms with E-state index in [1.54, 1.807) is 30.1 Å². The Balaban J connectivity index is 1.65. The summed E-state index contributed by atoms with van der Waals surface area (Å²) in [4.78, 5) is 12.2. The van der Waals surface area contributed by atoms with Crippen molar-refractivity contribution in [2.45, 2.75) is 13.2 Å². The van der Waals surface area contributed by atoms with E-state index in [-0.39, 0.29) is 49.1 Å². The molecule has 28 heavy (non-hydrogen) atoms. The van der Waals surface area contributed by atoms with Crippen molar-refractivity contribution in [2.75, 3.05) is 0 Å². The Kier molecular flexibility index (Phi) is 6.68. The third-order valence-corrected chi connectivity index (χ3v) is 6.01. The third-order valence-electron chi connectivity index (χ3n) is 3.77. The number of amides is 1. The molecule has 2 aromatic heterocycles. The minimum atomic E-state index is -0.374. The summed E-state index contributed by atoms with van der Waals surface area (Å²) in [6, 6.07) is 4.93. The van der Waals surface area contributed by atoms with Gasteiger partial charge in [-0.15, -0.1) is 0 Å². The van der Waals surface area contributed by atoms with Crippen LogP contribution in [-0.4, -0.2) is 15.7 Å². The third kappa shape index (κ3) is 4.36. The molecule has 1 aromatic carbocycles. The number of carbonyl (C=O) groups excluding carboxylic acids is 1. The van der Waals surface area contributed by atoms with Crippen molar-refractivity contribution in [3.63, 3.8) is 0 Å². The molecule has 0 fully saturated rings. The number of ether oxygens (including phenoxy) is 1. The second kappa shape index (κ2) is 8.84. The monoisotopic (exact) mass is 481 g/mol. The Morgan fingerprint density at radius 3 is 2.32 bits per heavy atom. The Labute approximate surface area is 185 Å². The summed E-state index contributed by atoms with van der Waals surface area (Å²) in [6.07, 6.45) is 1.65. The normalized spacial score (nSPS) is 10.9. The zero-order chi connectivity index (χ0) is 20.4. The van der Waals surface area contributed by atoms with Crippen LogP contribution >= 0.6 is 58.0 Å². The molecule has 0 aliphatic rings. The maximum atomic E-state index is 12.2. The summed E-state index contributed by atoms with van der Waals surface area (Å²) in [6.45, 7) is 0.262. The Morgan fingerprint density at radius 2 is 1.71 bits per heavy atom. The van der Waals surface area contributed by atoms with Gasteiger partial charge in [0.05, 0.1) is 27.3 Å². The lowest BCUT2D eigenvalue weighted by Crippen LogP contribution is -2.23. The average Bonchev–Trinajstić information content (AvgIpc) is 3.32. The van der Waals surface area contributed by atoms with Crippen molar-refractivity contribution in [3.8, 4) is 5.75 Å². The van der Waals surface area contributed by atoms with Gasteiger partial charge in [0.2, 0.25) is 0 Å². The van der Waals surface area contributed by atoms with Crippen molar-refractivity contribution >= 4 is 63.9 Å². The van der Waals surface area contributed by atoms with E-state index in [1.807, 2.05) is 0 Å². The summed E-state index contributed by atoms with van der Waals surface area (Å²) in [5.74, 6) is 0.201. The van der Waals surface area contributed by atoms with E-state index in [9.17, 15) is 4.79 Å². The largest absolute Gasteiger partial charge is 0.482 e. The first-order valence-electron chi connectivity index (χ1n) is 7.77. The van der Waals surface area contributed by atoms with Crippen LogP contribution in [0.5, 0.6) is 5.75 Å². The Bertz CT molecular complexity index is 1000. The molecule has 1 N–H and O–H groups in total. The van der Waals surface area contributed by atoms with Gasteiger partial charge in [-0.1, -0.05) is 58.0 Å². The maximum Gasteiger partial charge on any atom is 0.287 e. The first-order valence-corrected chi connectivity index (χ1v) is 9.66. The number of nitrogens with one attached hydrogen (secondary N) is 1. The number of rotatable bonds is 6. The van der Waals surface area contributed by atoms with Crippen LogP contribution in [0.2, 0.25) is 25.1 Å². The smallest absolute Gasteiger partial charge is 0.287 e. The minimum Gasteiger partial charge on any atom is -0.482 e. The lowest BCUT2D eigenvalue weighted by atomic mass is 10.3. The maximum absolute atomic E-state index is 12.2. The van der Waals surface area contributed by atoms with Crippen LogP contribution in [0, 0.1) is 0 Å². The van der Waals surface area contributed by atoms with E-state index < -0.39 is 0 Å². The standard InChI is InChI=1S/C17H12Cl5N3O3/c1-25-8(4-5-24-25)6-23-17(26)10-3-2-9(28-10)7-27-16-14(21)12(19)11(18)13(20)15(16)22/h2-5H,6-7H2,1H3,(H,23,26). The number of aromatic nitrogens is 2. The lowest BCUT2D eigenvalue weighted by molar-refractivity contribution is 0.0918. The predicted molar refractivity (Wildman–Crippen MR) is 109 cm³/mol. The van der Waals surface area contributed by atoms with Crippen LogP contribution in [0.1, 0.15) is 22.0 Å². The van der Waals surface area contributed by atoms with Crippen LogP contribution in [0.3, 0.4) is 0 Å². The molecule has 0 spiro atoms. The summed E-state index contributed by atoms with van der Waals surface area (Å²) in [5, 5.41) is 6.93. The average molecular weight is 484 g/mol. The molecule has 0 radical (unpaired) electrons. The molecule has 0 unspecified atom stereocenters. The van der Waals surface area contributed by atoms with Crippen molar-refractivity contribution < 1.29 is 13.9 Å². The van der Waals surface area contributed by atoms with Gasteiger partial charge in [-0.3, -0.25) is 9.48 Å². The number of aryl methyl sites for hydroxylation is 1. The van der Waals surface area contributed by atoms with Crippen molar-refractivity contribution in [3.05, 3.63) is 66.7 Å². The highest BCUT2D eigenvalue weighted by Crippen LogP contribution is 2.48. The summed E-state index contributed by atoms with van der Waals surface area (Å²) < 4.78 is 12.7. The fraction of sp³-hybridized carbons (Fsp3) is 0.176. The molecule has 148 valence electrons. The van der Waals surface area contributed by atoms with Crippen LogP contribution in [0.15, 0.2) is 28.8 Å². The molecule has 0 aliphatic carbocycles. The highest BCUT2D eigenvalue weighted by Gasteiger charge is 2.21. The number of halogens is 5. The molecule has 2 heterocycles. The molecule has 3 rings (SSSR count). The lowest BCUT2D eigenvalue weighted by Gasteiger charge is -2.12. The second-order valence-electron chi connectivity index (χ2n) is 5.58. The molecule has 11 heteroatoms. The molecule has 0 bridgehead atoms. The minimum absolute atomic E-state index is 0.0294. The van der Waals surface area contributed by atoms with E-state index in [0.29, 0.717) is 12.3 Å². The van der Waals surface area contributed by atoms with Gasteiger partial charge in [-0.05, 0) is 18.2 Å². The summed E-state index contributed by atoms with van der Waals surface area (Å²) in [7, 11) is 1.79. The van der Waals surface area contributed by atoms with E-state index in [1.165, 1.54) is 6.07 Å².